The second kappa shape index (κ2) is 3.40. The fourth-order valence-corrected chi connectivity index (χ4v) is 2.19. The SMILES string of the molecule is CP(C)(C)(O)CCc1ccccc1. The standard InChI is InChI=1S/C11H19OP/c1-13(2,3,12)10-9-11-7-5-4-6-8-11/h4-8,12H,9-10H2,1-3H3. The zero-order chi connectivity index (χ0) is 9.97. The van der Waals surface area contributed by atoms with Crippen LogP contribution in [0.3, 0.4) is 0 Å². The normalized spacial score (nSPS) is 14.9. The third kappa shape index (κ3) is 5.02. The summed E-state index contributed by atoms with van der Waals surface area (Å²) in [5.41, 5.74) is 1.32. The zero-order valence-electron chi connectivity index (χ0n) is 8.70. The molecule has 0 unspecified atom stereocenters. The predicted octanol–water partition coefficient (Wildman–Crippen LogP) is 2.58. The van der Waals surface area contributed by atoms with Gasteiger partial charge in [0.05, 0.1) is 0 Å². The molecule has 1 rings (SSSR count). The van der Waals surface area contributed by atoms with E-state index < -0.39 is 6.83 Å². The molecule has 0 aliphatic rings. The number of rotatable bonds is 3. The molecule has 0 saturated heterocycles. The van der Waals surface area contributed by atoms with E-state index in [0.29, 0.717) is 0 Å². The number of benzene rings is 1. The molecule has 0 atom stereocenters. The molecule has 2 heteroatoms. The fourth-order valence-electron chi connectivity index (χ4n) is 1.16. The second-order valence-electron chi connectivity index (χ2n) is 4.99. The van der Waals surface area contributed by atoms with E-state index in [1.807, 2.05) is 38.2 Å². The Morgan fingerprint density at radius 3 is 2.08 bits per heavy atom. The molecule has 0 spiro atoms. The minimum atomic E-state index is -2.30. The summed E-state index contributed by atoms with van der Waals surface area (Å²) in [5, 5.41) is 0. The Labute approximate surface area is 80.8 Å². The number of aryl methyl sites for hydroxylation is 1. The maximum atomic E-state index is 10.1. The average Bonchev–Trinajstić information content (AvgIpc) is 2.01. The van der Waals surface area contributed by atoms with Crippen LogP contribution in [-0.4, -0.2) is 31.0 Å². The van der Waals surface area contributed by atoms with Crippen molar-refractivity contribution < 1.29 is 4.89 Å². The molecule has 0 aliphatic carbocycles. The van der Waals surface area contributed by atoms with Crippen molar-refractivity contribution in [1.82, 2.24) is 0 Å². The van der Waals surface area contributed by atoms with Crippen LogP contribution in [0.25, 0.3) is 0 Å². The summed E-state index contributed by atoms with van der Waals surface area (Å²) in [7, 11) is 0. The molecule has 74 valence electrons. The number of hydrogen-bond acceptors (Lipinski definition) is 1. The molecule has 0 bridgehead atoms. The van der Waals surface area contributed by atoms with Crippen LogP contribution in [0.1, 0.15) is 5.56 Å². The third-order valence-corrected chi connectivity index (χ3v) is 3.78. The first-order valence-corrected chi connectivity index (χ1v) is 8.34. The first-order valence-electron chi connectivity index (χ1n) is 4.62. The molecule has 0 saturated carbocycles. The molecule has 1 N–H and O–H groups in total. The van der Waals surface area contributed by atoms with Crippen LogP contribution < -0.4 is 0 Å². The van der Waals surface area contributed by atoms with Crippen LogP contribution in [0, 0.1) is 0 Å². The molecule has 1 aromatic carbocycles. The van der Waals surface area contributed by atoms with Gasteiger partial charge in [-0.25, -0.2) is 0 Å². The minimum absolute atomic E-state index is 0.912. The van der Waals surface area contributed by atoms with Gasteiger partial charge in [0, 0.05) is 0 Å². The summed E-state index contributed by atoms with van der Waals surface area (Å²) in [6.45, 7) is 3.69. The van der Waals surface area contributed by atoms with E-state index in [-0.39, 0.29) is 0 Å². The van der Waals surface area contributed by atoms with Crippen LogP contribution in [0.2, 0.25) is 0 Å². The van der Waals surface area contributed by atoms with Crippen LogP contribution in [0.4, 0.5) is 0 Å². The van der Waals surface area contributed by atoms with Gasteiger partial charge in [-0.1, -0.05) is 0 Å². The average molecular weight is 198 g/mol. The molecular formula is C11H19OP. The van der Waals surface area contributed by atoms with Crippen LogP contribution >= 0.6 is 6.83 Å². The van der Waals surface area contributed by atoms with E-state index in [1.165, 1.54) is 5.56 Å². The van der Waals surface area contributed by atoms with Crippen molar-refractivity contribution in [3.05, 3.63) is 35.9 Å². The summed E-state index contributed by atoms with van der Waals surface area (Å²) < 4.78 is 0. The van der Waals surface area contributed by atoms with E-state index in [9.17, 15) is 4.89 Å². The summed E-state index contributed by atoms with van der Waals surface area (Å²) in [6.07, 6.45) is 1.90. The summed E-state index contributed by atoms with van der Waals surface area (Å²) in [6, 6.07) is 10.3. The molecule has 0 aliphatic heterocycles. The summed E-state index contributed by atoms with van der Waals surface area (Å²) in [5.74, 6) is 0. The first kappa shape index (κ1) is 10.7. The van der Waals surface area contributed by atoms with Gasteiger partial charge in [0.2, 0.25) is 0 Å². The Kier molecular flexibility index (Phi) is 2.79. The van der Waals surface area contributed by atoms with Gasteiger partial charge in [0.1, 0.15) is 0 Å². The fraction of sp³-hybridized carbons (Fsp3) is 0.455. The van der Waals surface area contributed by atoms with Crippen molar-refractivity contribution >= 4 is 6.83 Å². The first-order chi connectivity index (χ1) is 5.83. The van der Waals surface area contributed by atoms with Gasteiger partial charge in [-0.15, -0.1) is 0 Å². The predicted molar refractivity (Wildman–Crippen MR) is 61.9 cm³/mol. The van der Waals surface area contributed by atoms with Gasteiger partial charge >= 0.3 is 80.2 Å². The van der Waals surface area contributed by atoms with Crippen molar-refractivity contribution in [2.75, 3.05) is 26.2 Å². The molecule has 0 amide bonds. The van der Waals surface area contributed by atoms with Crippen molar-refractivity contribution in [3.8, 4) is 0 Å². The molecule has 1 nitrogen and oxygen atoms in total. The quantitative estimate of drug-likeness (QED) is 0.740. The van der Waals surface area contributed by atoms with Crippen molar-refractivity contribution in [2.24, 2.45) is 0 Å². The Bertz CT molecular complexity index is 262. The van der Waals surface area contributed by atoms with Gasteiger partial charge in [0.25, 0.3) is 0 Å². The topological polar surface area (TPSA) is 20.2 Å². The molecule has 0 heterocycles. The Balaban J connectivity index is 2.54. The van der Waals surface area contributed by atoms with Gasteiger partial charge in [-0.2, -0.15) is 0 Å². The van der Waals surface area contributed by atoms with Crippen molar-refractivity contribution in [2.45, 2.75) is 6.42 Å². The monoisotopic (exact) mass is 198 g/mol. The Hall–Kier alpha value is -0.390. The van der Waals surface area contributed by atoms with E-state index in [2.05, 4.69) is 12.1 Å². The van der Waals surface area contributed by atoms with Crippen LogP contribution in [0.5, 0.6) is 0 Å². The van der Waals surface area contributed by atoms with E-state index in [1.54, 1.807) is 0 Å². The van der Waals surface area contributed by atoms with E-state index in [4.69, 9.17) is 0 Å². The van der Waals surface area contributed by atoms with Gasteiger partial charge in [-0.3, -0.25) is 0 Å². The zero-order valence-corrected chi connectivity index (χ0v) is 9.59. The molecule has 0 fully saturated rings. The third-order valence-electron chi connectivity index (χ3n) is 2.01. The van der Waals surface area contributed by atoms with Crippen LogP contribution in [0.15, 0.2) is 30.3 Å². The molecular weight excluding hydrogens is 179 g/mol. The van der Waals surface area contributed by atoms with Crippen LogP contribution in [-0.2, 0) is 6.42 Å². The molecule has 1 aromatic rings. The molecule has 0 radical (unpaired) electrons. The van der Waals surface area contributed by atoms with Gasteiger partial charge in [0.15, 0.2) is 0 Å². The van der Waals surface area contributed by atoms with Crippen molar-refractivity contribution in [1.29, 1.82) is 0 Å². The van der Waals surface area contributed by atoms with E-state index in [0.717, 1.165) is 12.6 Å². The molecule has 0 aromatic heterocycles. The Morgan fingerprint density at radius 2 is 1.62 bits per heavy atom. The second-order valence-corrected chi connectivity index (χ2v) is 11.5. The maximum absolute atomic E-state index is 10.1. The summed E-state index contributed by atoms with van der Waals surface area (Å²) >= 11 is 0. The van der Waals surface area contributed by atoms with Gasteiger partial charge < -0.3 is 0 Å². The Morgan fingerprint density at radius 1 is 1.08 bits per heavy atom. The van der Waals surface area contributed by atoms with E-state index >= 15 is 0 Å². The van der Waals surface area contributed by atoms with Crippen molar-refractivity contribution in [3.63, 3.8) is 0 Å². The number of hydrogen-bond donors (Lipinski definition) is 1. The molecule has 13 heavy (non-hydrogen) atoms. The summed E-state index contributed by atoms with van der Waals surface area (Å²) in [4.78, 5) is 10.1. The van der Waals surface area contributed by atoms with Gasteiger partial charge in [-0.05, 0) is 0 Å².